The molecule has 0 unspecified atom stereocenters. The Balaban J connectivity index is 2.20. The maximum Gasteiger partial charge on any atom is 0.242 e. The molecular formula is C27H39N3O6S. The van der Waals surface area contributed by atoms with Crippen LogP contribution in [0.25, 0.3) is 0 Å². The lowest BCUT2D eigenvalue weighted by Crippen LogP contribution is -2.49. The lowest BCUT2D eigenvalue weighted by atomic mass is 10.1. The van der Waals surface area contributed by atoms with E-state index < -0.39 is 16.1 Å². The number of ether oxygens (including phenoxy) is 2. The Bertz CT molecular complexity index is 1150. The fraction of sp³-hybridized carbons (Fsp3) is 0.481. The quantitative estimate of drug-likeness (QED) is 0.398. The van der Waals surface area contributed by atoms with Crippen LogP contribution in [0.15, 0.2) is 48.5 Å². The van der Waals surface area contributed by atoms with Crippen LogP contribution in [0.4, 0.5) is 5.69 Å². The highest BCUT2D eigenvalue weighted by Crippen LogP contribution is 2.24. The molecule has 0 fully saturated rings. The fourth-order valence-electron chi connectivity index (χ4n) is 3.79. The van der Waals surface area contributed by atoms with Crippen LogP contribution in [0.3, 0.4) is 0 Å². The van der Waals surface area contributed by atoms with Crippen molar-refractivity contribution in [1.29, 1.82) is 0 Å². The number of carbonyl (C=O) groups excluding carboxylic acids is 2. The van der Waals surface area contributed by atoms with Crippen molar-refractivity contribution < 1.29 is 27.5 Å². The van der Waals surface area contributed by atoms with Gasteiger partial charge in [0.15, 0.2) is 0 Å². The summed E-state index contributed by atoms with van der Waals surface area (Å²) in [7, 11) is -0.507. The van der Waals surface area contributed by atoms with Gasteiger partial charge >= 0.3 is 0 Å². The van der Waals surface area contributed by atoms with Gasteiger partial charge in [0.25, 0.3) is 0 Å². The van der Waals surface area contributed by atoms with E-state index in [-0.39, 0.29) is 43.8 Å². The molecule has 2 atom stereocenters. The summed E-state index contributed by atoms with van der Waals surface area (Å²) in [5, 5.41) is 2.94. The van der Waals surface area contributed by atoms with Gasteiger partial charge in [-0.25, -0.2) is 8.42 Å². The van der Waals surface area contributed by atoms with Crippen LogP contribution < -0.4 is 19.1 Å². The third-order valence-corrected chi connectivity index (χ3v) is 7.34. The van der Waals surface area contributed by atoms with Crippen LogP contribution >= 0.6 is 0 Å². The molecule has 0 aliphatic carbocycles. The number of amides is 2. The second kappa shape index (κ2) is 13.9. The number of nitrogens with zero attached hydrogens (tertiary/aromatic N) is 2. The monoisotopic (exact) mass is 533 g/mol. The molecular weight excluding hydrogens is 494 g/mol. The number of sulfonamides is 1. The average Bonchev–Trinajstić information content (AvgIpc) is 2.88. The molecule has 2 aromatic carbocycles. The third-order valence-electron chi connectivity index (χ3n) is 6.15. The van der Waals surface area contributed by atoms with Crippen molar-refractivity contribution in [1.82, 2.24) is 10.2 Å². The van der Waals surface area contributed by atoms with Crippen molar-refractivity contribution in [3.63, 3.8) is 0 Å². The lowest BCUT2D eigenvalue weighted by molar-refractivity contribution is -0.140. The minimum atomic E-state index is -3.59. The average molecular weight is 534 g/mol. The van der Waals surface area contributed by atoms with Crippen molar-refractivity contribution >= 4 is 27.5 Å². The summed E-state index contributed by atoms with van der Waals surface area (Å²) < 4.78 is 36.8. The number of hydrogen-bond acceptors (Lipinski definition) is 6. The highest BCUT2D eigenvalue weighted by atomic mass is 32.2. The molecule has 0 heterocycles. The van der Waals surface area contributed by atoms with Crippen molar-refractivity contribution in [2.75, 3.05) is 31.3 Å². The van der Waals surface area contributed by atoms with Gasteiger partial charge in [-0.3, -0.25) is 13.9 Å². The molecule has 0 radical (unpaired) electrons. The van der Waals surface area contributed by atoms with Crippen LogP contribution in [0.1, 0.15) is 45.6 Å². The van der Waals surface area contributed by atoms with Crippen LogP contribution in [0, 0.1) is 0 Å². The van der Waals surface area contributed by atoms with Crippen LogP contribution in [-0.2, 0) is 26.2 Å². The second-order valence-corrected chi connectivity index (χ2v) is 10.9. The van der Waals surface area contributed by atoms with E-state index in [1.807, 2.05) is 38.1 Å². The summed E-state index contributed by atoms with van der Waals surface area (Å²) >= 11 is 0. The molecule has 0 aliphatic heterocycles. The number of rotatable bonds is 14. The van der Waals surface area contributed by atoms with E-state index in [4.69, 9.17) is 9.47 Å². The van der Waals surface area contributed by atoms with Crippen LogP contribution in [0.2, 0.25) is 0 Å². The summed E-state index contributed by atoms with van der Waals surface area (Å²) in [6.45, 7) is 5.92. The molecule has 0 spiro atoms. The van der Waals surface area contributed by atoms with Gasteiger partial charge in [-0.05, 0) is 56.5 Å². The van der Waals surface area contributed by atoms with Crippen molar-refractivity contribution in [3.05, 3.63) is 54.1 Å². The highest BCUT2D eigenvalue weighted by molar-refractivity contribution is 7.92. The van der Waals surface area contributed by atoms with Crippen LogP contribution in [0.5, 0.6) is 11.5 Å². The molecule has 9 nitrogen and oxygen atoms in total. The third kappa shape index (κ3) is 8.96. The highest BCUT2D eigenvalue weighted by Gasteiger charge is 2.27. The normalized spacial score (nSPS) is 12.8. The van der Waals surface area contributed by atoms with Gasteiger partial charge in [0.1, 0.15) is 17.5 Å². The van der Waals surface area contributed by atoms with Gasteiger partial charge in [-0.1, -0.05) is 25.1 Å². The first kappa shape index (κ1) is 30.0. The zero-order valence-corrected chi connectivity index (χ0v) is 23.4. The minimum absolute atomic E-state index is 0.0186. The summed E-state index contributed by atoms with van der Waals surface area (Å²) in [6.07, 6.45) is 2.25. The van der Waals surface area contributed by atoms with Gasteiger partial charge in [0.2, 0.25) is 21.8 Å². The largest absolute Gasteiger partial charge is 0.497 e. The smallest absolute Gasteiger partial charge is 0.242 e. The molecule has 0 bridgehead atoms. The first-order chi connectivity index (χ1) is 17.5. The molecule has 204 valence electrons. The first-order valence-corrected chi connectivity index (χ1v) is 14.2. The van der Waals surface area contributed by atoms with Gasteiger partial charge in [0.05, 0.1) is 26.2 Å². The topological polar surface area (TPSA) is 105 Å². The number of hydrogen-bond donors (Lipinski definition) is 1. The van der Waals surface area contributed by atoms with Gasteiger partial charge in [-0.2, -0.15) is 0 Å². The molecule has 0 saturated carbocycles. The van der Waals surface area contributed by atoms with E-state index >= 15 is 0 Å². The summed E-state index contributed by atoms with van der Waals surface area (Å²) in [5.41, 5.74) is 1.29. The second-order valence-electron chi connectivity index (χ2n) is 9.01. The fourth-order valence-corrected chi connectivity index (χ4v) is 4.74. The lowest BCUT2D eigenvalue weighted by Gasteiger charge is -2.30. The van der Waals surface area contributed by atoms with Gasteiger partial charge < -0.3 is 19.7 Å². The molecule has 0 aliphatic rings. The van der Waals surface area contributed by atoms with E-state index in [1.54, 1.807) is 38.3 Å². The molecule has 2 rings (SSSR count). The predicted molar refractivity (Wildman–Crippen MR) is 145 cm³/mol. The maximum atomic E-state index is 13.4. The number of methoxy groups -OCH3 is 2. The Morgan fingerprint density at radius 2 is 1.62 bits per heavy atom. The van der Waals surface area contributed by atoms with Crippen molar-refractivity contribution in [2.45, 2.75) is 58.7 Å². The Morgan fingerprint density at radius 3 is 2.22 bits per heavy atom. The minimum Gasteiger partial charge on any atom is -0.497 e. The Hall–Kier alpha value is -3.27. The first-order valence-electron chi connectivity index (χ1n) is 12.3. The number of benzene rings is 2. The molecule has 37 heavy (non-hydrogen) atoms. The Labute approximate surface area is 220 Å². The Kier molecular flexibility index (Phi) is 11.2. The standard InChI is InChI=1S/C27H39N3O6S/c1-7-20(2)28-27(32)21(3)29(19-22-11-8-13-24(17-22)35-4)26(31)15-10-16-30(37(6,33)34)23-12-9-14-25(18-23)36-5/h8-9,11-14,17-18,20-21H,7,10,15-16,19H2,1-6H3,(H,28,32)/t20-,21+/m0/s1. The molecule has 1 N–H and O–H groups in total. The molecule has 0 aromatic heterocycles. The summed E-state index contributed by atoms with van der Waals surface area (Å²) in [5.74, 6) is 0.713. The number of nitrogens with one attached hydrogen (secondary N) is 1. The van der Waals surface area contributed by atoms with E-state index in [0.29, 0.717) is 17.2 Å². The summed E-state index contributed by atoms with van der Waals surface area (Å²) in [4.78, 5) is 27.8. The number of carbonyl (C=O) groups is 2. The predicted octanol–water partition coefficient (Wildman–Crippen LogP) is 3.58. The van der Waals surface area contributed by atoms with Crippen molar-refractivity contribution in [2.24, 2.45) is 0 Å². The SMILES string of the molecule is CC[C@H](C)NC(=O)[C@@H](C)N(Cc1cccc(OC)c1)C(=O)CCCN(c1cccc(OC)c1)S(C)(=O)=O. The van der Waals surface area contributed by atoms with Gasteiger partial charge in [-0.15, -0.1) is 0 Å². The molecule has 0 saturated heterocycles. The maximum absolute atomic E-state index is 13.4. The van der Waals surface area contributed by atoms with Gasteiger partial charge in [0, 0.05) is 31.6 Å². The molecule has 2 aromatic rings. The summed E-state index contributed by atoms with van der Waals surface area (Å²) in [6, 6.07) is 13.4. The van der Waals surface area contributed by atoms with Crippen molar-refractivity contribution in [3.8, 4) is 11.5 Å². The van der Waals surface area contributed by atoms with E-state index in [2.05, 4.69) is 5.32 Å². The van der Waals surface area contributed by atoms with Crippen LogP contribution in [-0.4, -0.2) is 64.2 Å². The van der Waals surface area contributed by atoms with E-state index in [1.165, 1.54) is 16.3 Å². The van der Waals surface area contributed by atoms with E-state index in [9.17, 15) is 18.0 Å². The van der Waals surface area contributed by atoms with E-state index in [0.717, 1.165) is 18.2 Å². The zero-order valence-electron chi connectivity index (χ0n) is 22.6. The molecule has 2 amide bonds. The zero-order chi connectivity index (χ0) is 27.6. The Morgan fingerprint density at radius 1 is 1.00 bits per heavy atom. The molecule has 10 heteroatoms. The number of anilines is 1.